The summed E-state index contributed by atoms with van der Waals surface area (Å²) in [6.07, 6.45) is 2.22. The van der Waals surface area contributed by atoms with Crippen molar-refractivity contribution in [2.75, 3.05) is 0 Å². The van der Waals surface area contributed by atoms with Crippen molar-refractivity contribution in [3.05, 3.63) is 30.3 Å². The van der Waals surface area contributed by atoms with Gasteiger partial charge in [0.05, 0.1) is 0 Å². The number of carbonyl (C=O) groups excluding carboxylic acids is 1. The second-order valence-electron chi connectivity index (χ2n) is 4.93. The van der Waals surface area contributed by atoms with E-state index in [2.05, 4.69) is 31.6 Å². The van der Waals surface area contributed by atoms with Gasteiger partial charge in [-0.05, 0) is 30.3 Å². The molecule has 0 atom stereocenters. The molecule has 0 radical (unpaired) electrons. The van der Waals surface area contributed by atoms with Crippen LogP contribution in [-0.2, 0) is 11.3 Å². The van der Waals surface area contributed by atoms with E-state index in [0.717, 1.165) is 18.4 Å². The van der Waals surface area contributed by atoms with Gasteiger partial charge >= 0.3 is 0 Å². The summed E-state index contributed by atoms with van der Waals surface area (Å²) < 4.78 is 0. The Hall–Kier alpha value is -2.55. The van der Waals surface area contributed by atoms with E-state index < -0.39 is 0 Å². The number of aromatic nitrogens is 4. The number of tetrazole rings is 1. The number of hydrogen-bond acceptors (Lipinski definition) is 5. The first-order valence-corrected chi connectivity index (χ1v) is 7.30. The lowest BCUT2D eigenvalue weighted by Crippen LogP contribution is -2.48. The molecule has 1 aliphatic carbocycles. The molecule has 1 aliphatic rings. The highest BCUT2D eigenvalue weighted by Crippen LogP contribution is 2.18. The van der Waals surface area contributed by atoms with E-state index in [4.69, 9.17) is 12.2 Å². The van der Waals surface area contributed by atoms with Gasteiger partial charge in [-0.3, -0.25) is 15.6 Å². The van der Waals surface area contributed by atoms with Gasteiger partial charge in [-0.15, -0.1) is 10.2 Å². The van der Waals surface area contributed by atoms with Crippen LogP contribution < -0.4 is 16.2 Å². The number of amides is 1. The molecule has 22 heavy (non-hydrogen) atoms. The molecule has 1 aromatic carbocycles. The van der Waals surface area contributed by atoms with E-state index in [9.17, 15) is 4.79 Å². The molecule has 0 spiro atoms. The van der Waals surface area contributed by atoms with Gasteiger partial charge in [0, 0.05) is 11.6 Å². The third kappa shape index (κ3) is 3.98. The molecule has 8 nitrogen and oxygen atoms in total. The zero-order valence-corrected chi connectivity index (χ0v) is 12.5. The summed E-state index contributed by atoms with van der Waals surface area (Å²) in [5.74, 6) is 0.171. The van der Waals surface area contributed by atoms with Crippen molar-refractivity contribution in [3.63, 3.8) is 0 Å². The van der Waals surface area contributed by atoms with Gasteiger partial charge in [0.1, 0.15) is 6.54 Å². The number of nitrogens with one attached hydrogen (secondary N) is 3. The van der Waals surface area contributed by atoms with Gasteiger partial charge in [-0.2, -0.15) is 4.80 Å². The van der Waals surface area contributed by atoms with E-state index in [1.807, 2.05) is 30.3 Å². The van der Waals surface area contributed by atoms with Crippen molar-refractivity contribution >= 4 is 23.2 Å². The minimum absolute atomic E-state index is 0.0428. The van der Waals surface area contributed by atoms with Gasteiger partial charge in [-0.25, -0.2) is 0 Å². The Balaban J connectivity index is 1.49. The quantitative estimate of drug-likeness (QED) is 0.539. The number of nitrogens with zero attached hydrogens (tertiary/aromatic N) is 4. The fraction of sp³-hybridized carbons (Fsp3) is 0.308. The standard InChI is InChI=1S/C13H15N7OS/c21-11(15-17-13(22)14-10-6-7-10)8-20-18-12(16-19-20)9-4-2-1-3-5-9/h1-5,10H,6-8H2,(H,15,21)(H2,14,17,22). The Morgan fingerprint density at radius 1 is 1.27 bits per heavy atom. The van der Waals surface area contributed by atoms with Crippen molar-refractivity contribution < 1.29 is 4.79 Å². The number of benzene rings is 1. The summed E-state index contributed by atoms with van der Waals surface area (Å²) in [7, 11) is 0. The third-order valence-electron chi connectivity index (χ3n) is 3.00. The minimum atomic E-state index is -0.308. The summed E-state index contributed by atoms with van der Waals surface area (Å²) in [6, 6.07) is 9.88. The molecule has 3 rings (SSSR count). The van der Waals surface area contributed by atoms with E-state index in [0.29, 0.717) is 17.0 Å². The number of hydrogen-bond donors (Lipinski definition) is 3. The van der Waals surface area contributed by atoms with Gasteiger partial charge in [0.25, 0.3) is 5.91 Å². The highest BCUT2D eigenvalue weighted by molar-refractivity contribution is 7.80. The number of rotatable bonds is 4. The Bertz CT molecular complexity index is 668. The van der Waals surface area contributed by atoms with Gasteiger partial charge < -0.3 is 5.32 Å². The Labute approximate surface area is 132 Å². The lowest BCUT2D eigenvalue weighted by atomic mass is 10.2. The molecule has 2 aromatic rings. The van der Waals surface area contributed by atoms with Crippen LogP contribution in [0.25, 0.3) is 11.4 Å². The summed E-state index contributed by atoms with van der Waals surface area (Å²) in [4.78, 5) is 13.0. The Kier molecular flexibility index (Phi) is 4.24. The zero-order chi connectivity index (χ0) is 15.4. The van der Waals surface area contributed by atoms with Crippen molar-refractivity contribution in [2.24, 2.45) is 0 Å². The van der Waals surface area contributed by atoms with E-state index in [1.54, 1.807) is 0 Å². The summed E-state index contributed by atoms with van der Waals surface area (Å²) in [6.45, 7) is -0.0428. The maximum atomic E-state index is 11.8. The van der Waals surface area contributed by atoms with Crippen LogP contribution in [0.1, 0.15) is 12.8 Å². The molecular weight excluding hydrogens is 302 g/mol. The van der Waals surface area contributed by atoms with Crippen LogP contribution in [0, 0.1) is 0 Å². The fourth-order valence-corrected chi connectivity index (χ4v) is 1.97. The number of thiocarbonyl (C=S) groups is 1. The number of carbonyl (C=O) groups is 1. The van der Waals surface area contributed by atoms with E-state index in [1.165, 1.54) is 4.80 Å². The molecule has 0 unspecified atom stereocenters. The maximum Gasteiger partial charge on any atom is 0.262 e. The first-order chi connectivity index (χ1) is 10.7. The molecule has 0 aliphatic heterocycles. The highest BCUT2D eigenvalue weighted by Gasteiger charge is 2.21. The molecule has 1 fully saturated rings. The molecule has 1 saturated carbocycles. The Morgan fingerprint density at radius 3 is 2.77 bits per heavy atom. The van der Waals surface area contributed by atoms with Crippen LogP contribution in [0.4, 0.5) is 0 Å². The molecule has 114 valence electrons. The normalized spacial score (nSPS) is 13.5. The lowest BCUT2D eigenvalue weighted by Gasteiger charge is -2.10. The first kappa shape index (κ1) is 14.4. The van der Waals surface area contributed by atoms with Crippen LogP contribution in [0.5, 0.6) is 0 Å². The molecular formula is C13H15N7OS. The smallest absolute Gasteiger partial charge is 0.262 e. The first-order valence-electron chi connectivity index (χ1n) is 6.89. The van der Waals surface area contributed by atoms with Gasteiger partial charge in [-0.1, -0.05) is 30.3 Å². The Morgan fingerprint density at radius 2 is 2.05 bits per heavy atom. The topological polar surface area (TPSA) is 96.8 Å². The largest absolute Gasteiger partial charge is 0.359 e. The maximum absolute atomic E-state index is 11.8. The average molecular weight is 317 g/mol. The van der Waals surface area contributed by atoms with Crippen molar-refractivity contribution in [1.29, 1.82) is 0 Å². The van der Waals surface area contributed by atoms with Crippen LogP contribution in [0.3, 0.4) is 0 Å². The van der Waals surface area contributed by atoms with Crippen LogP contribution in [-0.4, -0.2) is 37.3 Å². The summed E-state index contributed by atoms with van der Waals surface area (Å²) in [5.41, 5.74) is 5.98. The molecule has 1 heterocycles. The summed E-state index contributed by atoms with van der Waals surface area (Å²) in [5, 5.41) is 15.4. The van der Waals surface area contributed by atoms with Crippen molar-refractivity contribution in [3.8, 4) is 11.4 Å². The lowest BCUT2D eigenvalue weighted by molar-refractivity contribution is -0.122. The zero-order valence-electron chi connectivity index (χ0n) is 11.7. The molecule has 3 N–H and O–H groups in total. The van der Waals surface area contributed by atoms with Gasteiger partial charge in [0.2, 0.25) is 5.82 Å². The predicted molar refractivity (Wildman–Crippen MR) is 83.3 cm³/mol. The average Bonchev–Trinajstić information content (AvgIpc) is 3.22. The van der Waals surface area contributed by atoms with E-state index in [-0.39, 0.29) is 12.5 Å². The van der Waals surface area contributed by atoms with Crippen molar-refractivity contribution in [1.82, 2.24) is 36.4 Å². The second-order valence-corrected chi connectivity index (χ2v) is 5.34. The van der Waals surface area contributed by atoms with Gasteiger partial charge in [0.15, 0.2) is 5.11 Å². The fourth-order valence-electron chi connectivity index (χ4n) is 1.76. The van der Waals surface area contributed by atoms with Crippen LogP contribution in [0.2, 0.25) is 0 Å². The SMILES string of the molecule is O=C(Cn1nnc(-c2ccccc2)n1)NNC(=S)NC1CC1. The second kappa shape index (κ2) is 6.48. The molecule has 0 bridgehead atoms. The van der Waals surface area contributed by atoms with Crippen LogP contribution >= 0.6 is 12.2 Å². The summed E-state index contributed by atoms with van der Waals surface area (Å²) >= 11 is 5.03. The monoisotopic (exact) mass is 317 g/mol. The van der Waals surface area contributed by atoms with Crippen molar-refractivity contribution in [2.45, 2.75) is 25.4 Å². The number of hydrazine groups is 1. The van der Waals surface area contributed by atoms with Crippen LogP contribution in [0.15, 0.2) is 30.3 Å². The predicted octanol–water partition coefficient (Wildman–Crippen LogP) is -0.00220. The molecule has 1 amide bonds. The highest BCUT2D eigenvalue weighted by atomic mass is 32.1. The molecule has 9 heteroatoms. The third-order valence-corrected chi connectivity index (χ3v) is 3.22. The minimum Gasteiger partial charge on any atom is -0.359 e. The van der Waals surface area contributed by atoms with E-state index >= 15 is 0 Å². The molecule has 0 saturated heterocycles. The molecule has 1 aromatic heterocycles.